The van der Waals surface area contributed by atoms with E-state index in [1.54, 1.807) is 12.1 Å². The van der Waals surface area contributed by atoms with Crippen molar-refractivity contribution < 1.29 is 4.39 Å². The molecule has 0 bridgehead atoms. The van der Waals surface area contributed by atoms with Crippen LogP contribution in [0.15, 0.2) is 24.3 Å². The molecule has 0 aliphatic carbocycles. The molecular formula is C9H10FIN2. The van der Waals surface area contributed by atoms with Crippen LogP contribution in [-0.2, 0) is 0 Å². The van der Waals surface area contributed by atoms with Gasteiger partial charge in [-0.1, -0.05) is 22.6 Å². The molecule has 13 heavy (non-hydrogen) atoms. The van der Waals surface area contributed by atoms with E-state index in [0.29, 0.717) is 4.05 Å². The summed E-state index contributed by atoms with van der Waals surface area (Å²) in [7, 11) is 0. The van der Waals surface area contributed by atoms with Crippen molar-refractivity contribution in [1.82, 2.24) is 5.43 Å². The number of benzene rings is 1. The number of alkyl halides is 1. The molecule has 4 heteroatoms. The highest BCUT2D eigenvalue weighted by Crippen LogP contribution is 2.23. The van der Waals surface area contributed by atoms with Crippen LogP contribution < -0.4 is 10.4 Å². The third-order valence-corrected chi connectivity index (χ3v) is 3.23. The number of hydrogen-bond acceptors (Lipinski definition) is 2. The number of hydrazine groups is 1. The van der Waals surface area contributed by atoms with Crippen LogP contribution in [0.5, 0.6) is 0 Å². The summed E-state index contributed by atoms with van der Waals surface area (Å²) >= 11 is 2.38. The molecule has 1 saturated heterocycles. The average Bonchev–Trinajstić information content (AvgIpc) is 2.53. The quantitative estimate of drug-likeness (QED) is 0.485. The molecule has 1 aliphatic heterocycles. The van der Waals surface area contributed by atoms with Crippen molar-refractivity contribution in [2.24, 2.45) is 0 Å². The van der Waals surface area contributed by atoms with E-state index in [1.165, 1.54) is 12.1 Å². The Balaban J connectivity index is 2.20. The van der Waals surface area contributed by atoms with E-state index >= 15 is 0 Å². The van der Waals surface area contributed by atoms with Crippen LogP contribution in [0.2, 0.25) is 0 Å². The van der Waals surface area contributed by atoms with E-state index in [-0.39, 0.29) is 5.82 Å². The predicted octanol–water partition coefficient (Wildman–Crippen LogP) is 2.30. The largest absolute Gasteiger partial charge is 0.296 e. The predicted molar refractivity (Wildman–Crippen MR) is 59.3 cm³/mol. The van der Waals surface area contributed by atoms with Crippen LogP contribution in [0.3, 0.4) is 0 Å². The van der Waals surface area contributed by atoms with E-state index in [2.05, 4.69) is 33.0 Å². The molecule has 1 unspecified atom stereocenters. The Morgan fingerprint density at radius 3 is 2.62 bits per heavy atom. The molecule has 2 nitrogen and oxygen atoms in total. The highest BCUT2D eigenvalue weighted by atomic mass is 127. The van der Waals surface area contributed by atoms with Crippen molar-refractivity contribution in [2.75, 3.05) is 11.6 Å². The highest BCUT2D eigenvalue weighted by Gasteiger charge is 2.21. The van der Waals surface area contributed by atoms with E-state index in [1.807, 2.05) is 0 Å². The molecule has 0 saturated carbocycles. The minimum absolute atomic E-state index is 0.187. The Morgan fingerprint density at radius 2 is 2.08 bits per heavy atom. The minimum Gasteiger partial charge on any atom is -0.296 e. The van der Waals surface area contributed by atoms with E-state index < -0.39 is 0 Å². The fraction of sp³-hybridized carbons (Fsp3) is 0.333. The normalized spacial score (nSPS) is 22.3. The zero-order valence-electron chi connectivity index (χ0n) is 7.00. The molecule has 70 valence electrons. The monoisotopic (exact) mass is 292 g/mol. The summed E-state index contributed by atoms with van der Waals surface area (Å²) in [5.41, 5.74) is 4.27. The summed E-state index contributed by atoms with van der Waals surface area (Å²) in [6, 6.07) is 6.55. The van der Waals surface area contributed by atoms with Crippen molar-refractivity contribution >= 4 is 28.3 Å². The van der Waals surface area contributed by atoms with Crippen molar-refractivity contribution in [2.45, 2.75) is 10.5 Å². The van der Waals surface area contributed by atoms with Crippen LogP contribution >= 0.6 is 22.6 Å². The number of nitrogens with one attached hydrogen (secondary N) is 1. The van der Waals surface area contributed by atoms with Crippen molar-refractivity contribution in [3.05, 3.63) is 30.1 Å². The molecule has 1 aliphatic rings. The topological polar surface area (TPSA) is 15.3 Å². The van der Waals surface area contributed by atoms with Gasteiger partial charge in [-0.05, 0) is 30.7 Å². The second-order valence-electron chi connectivity index (χ2n) is 2.98. The number of rotatable bonds is 1. The molecule has 0 amide bonds. The standard InChI is InChI=1S/C9H10FIN2/c10-7-1-3-8(4-2-7)13-9(11)5-6-12-13/h1-4,9,12H,5-6H2. The second kappa shape index (κ2) is 3.79. The van der Waals surface area contributed by atoms with E-state index in [9.17, 15) is 4.39 Å². The SMILES string of the molecule is Fc1ccc(N2NCCC2I)cc1. The lowest BCUT2D eigenvalue weighted by Gasteiger charge is -2.21. The zero-order valence-corrected chi connectivity index (χ0v) is 9.16. The summed E-state index contributed by atoms with van der Waals surface area (Å²) in [4.78, 5) is 0. The molecule has 1 atom stereocenters. The van der Waals surface area contributed by atoms with Crippen LogP contribution in [0.1, 0.15) is 6.42 Å². The molecule has 1 heterocycles. The van der Waals surface area contributed by atoms with Crippen molar-refractivity contribution in [3.63, 3.8) is 0 Å². The van der Waals surface area contributed by atoms with Gasteiger partial charge in [-0.3, -0.25) is 5.01 Å². The fourth-order valence-corrected chi connectivity index (χ4v) is 2.22. The Hall–Kier alpha value is -0.360. The molecule has 0 aromatic heterocycles. The van der Waals surface area contributed by atoms with Crippen LogP contribution in [0, 0.1) is 5.82 Å². The van der Waals surface area contributed by atoms with E-state index in [0.717, 1.165) is 18.7 Å². The van der Waals surface area contributed by atoms with Gasteiger partial charge in [0.15, 0.2) is 0 Å². The molecule has 1 aromatic carbocycles. The maximum Gasteiger partial charge on any atom is 0.123 e. The Bertz CT molecular complexity index is 288. The van der Waals surface area contributed by atoms with Gasteiger partial charge in [0.25, 0.3) is 0 Å². The van der Waals surface area contributed by atoms with Gasteiger partial charge in [-0.15, -0.1) is 0 Å². The summed E-state index contributed by atoms with van der Waals surface area (Å²) in [5, 5.41) is 2.07. The van der Waals surface area contributed by atoms with E-state index in [4.69, 9.17) is 0 Å². The molecule has 0 spiro atoms. The van der Waals surface area contributed by atoms with Gasteiger partial charge in [0.2, 0.25) is 0 Å². The lowest BCUT2D eigenvalue weighted by molar-refractivity contribution is 0.627. The van der Waals surface area contributed by atoms with Crippen molar-refractivity contribution in [3.8, 4) is 0 Å². The maximum absolute atomic E-state index is 12.6. The Kier molecular flexibility index (Phi) is 2.69. The molecule has 1 fully saturated rings. The molecular weight excluding hydrogens is 282 g/mol. The number of halogens is 2. The molecule has 1 aromatic rings. The van der Waals surface area contributed by atoms with Gasteiger partial charge in [-0.25, -0.2) is 9.82 Å². The number of anilines is 1. The Morgan fingerprint density at radius 1 is 1.38 bits per heavy atom. The summed E-state index contributed by atoms with van der Waals surface area (Å²) in [5.74, 6) is -0.187. The average molecular weight is 292 g/mol. The van der Waals surface area contributed by atoms with Crippen LogP contribution in [0.25, 0.3) is 0 Å². The maximum atomic E-state index is 12.6. The third-order valence-electron chi connectivity index (χ3n) is 2.05. The molecule has 2 rings (SSSR count). The Labute approximate surface area is 90.2 Å². The zero-order chi connectivity index (χ0) is 9.26. The number of nitrogens with zero attached hydrogens (tertiary/aromatic N) is 1. The van der Waals surface area contributed by atoms with Gasteiger partial charge in [0.05, 0.1) is 9.74 Å². The minimum atomic E-state index is -0.187. The number of hydrogen-bond donors (Lipinski definition) is 1. The smallest absolute Gasteiger partial charge is 0.123 e. The lowest BCUT2D eigenvalue weighted by Crippen LogP contribution is -2.33. The second-order valence-corrected chi connectivity index (χ2v) is 4.42. The highest BCUT2D eigenvalue weighted by molar-refractivity contribution is 14.1. The first-order valence-electron chi connectivity index (χ1n) is 4.20. The van der Waals surface area contributed by atoms with Gasteiger partial charge in [0, 0.05) is 6.54 Å². The first-order valence-corrected chi connectivity index (χ1v) is 5.44. The fourth-order valence-electron chi connectivity index (χ4n) is 1.39. The van der Waals surface area contributed by atoms with Gasteiger partial charge >= 0.3 is 0 Å². The molecule has 1 N–H and O–H groups in total. The first kappa shape index (κ1) is 9.21. The first-order chi connectivity index (χ1) is 6.27. The van der Waals surface area contributed by atoms with Gasteiger partial charge < -0.3 is 0 Å². The van der Waals surface area contributed by atoms with Gasteiger partial charge in [-0.2, -0.15) is 0 Å². The third kappa shape index (κ3) is 1.94. The van der Waals surface area contributed by atoms with Crippen LogP contribution in [0.4, 0.5) is 10.1 Å². The van der Waals surface area contributed by atoms with Crippen LogP contribution in [-0.4, -0.2) is 10.6 Å². The van der Waals surface area contributed by atoms with Crippen molar-refractivity contribution in [1.29, 1.82) is 0 Å². The summed E-state index contributed by atoms with van der Waals surface area (Å²) < 4.78 is 13.1. The summed E-state index contributed by atoms with van der Waals surface area (Å²) in [6.07, 6.45) is 1.12. The molecule has 0 radical (unpaired) electrons. The van der Waals surface area contributed by atoms with Gasteiger partial charge in [0.1, 0.15) is 5.82 Å². The lowest BCUT2D eigenvalue weighted by atomic mass is 10.3. The summed E-state index contributed by atoms with van der Waals surface area (Å²) in [6.45, 7) is 0.991.